The van der Waals surface area contributed by atoms with Gasteiger partial charge >= 0.3 is 0 Å². The Labute approximate surface area is 184 Å². The van der Waals surface area contributed by atoms with Crippen LogP contribution in [0.15, 0.2) is 54.6 Å². The minimum absolute atomic E-state index is 0.235. The number of hydrogen-bond donors (Lipinski definition) is 0. The van der Waals surface area contributed by atoms with Crippen molar-refractivity contribution >= 4 is 12.2 Å². The smallest absolute Gasteiger partial charge is 0.199 e. The predicted molar refractivity (Wildman–Crippen MR) is 124 cm³/mol. The zero-order chi connectivity index (χ0) is 21.1. The van der Waals surface area contributed by atoms with Gasteiger partial charge in [-0.2, -0.15) is 5.10 Å². The van der Waals surface area contributed by atoms with Crippen molar-refractivity contribution in [3.63, 3.8) is 0 Å². The number of fused-ring (bicyclic) bond motifs is 1. The van der Waals surface area contributed by atoms with E-state index >= 15 is 0 Å². The van der Waals surface area contributed by atoms with Gasteiger partial charge in [0.25, 0.3) is 0 Å². The topological polar surface area (TPSA) is 29.2 Å². The number of rotatable bonds is 7. The molecular weight excluding hydrogens is 390 g/mol. The highest BCUT2D eigenvalue weighted by molar-refractivity contribution is 7.71. The van der Waals surface area contributed by atoms with Crippen molar-refractivity contribution in [2.75, 3.05) is 20.6 Å². The second kappa shape index (κ2) is 9.25. The lowest BCUT2D eigenvalue weighted by atomic mass is 10.0. The van der Waals surface area contributed by atoms with E-state index in [1.165, 1.54) is 16.7 Å². The summed E-state index contributed by atoms with van der Waals surface area (Å²) >= 11 is 5.93. The molecule has 2 heterocycles. The van der Waals surface area contributed by atoms with Crippen LogP contribution in [0.5, 0.6) is 0 Å². The van der Waals surface area contributed by atoms with Crippen LogP contribution in [0.2, 0.25) is 0 Å². The van der Waals surface area contributed by atoms with E-state index in [1.807, 2.05) is 4.68 Å². The molecule has 0 N–H and O–H groups in total. The number of benzene rings is 2. The van der Waals surface area contributed by atoms with E-state index in [-0.39, 0.29) is 6.04 Å². The Balaban J connectivity index is 1.64. The molecule has 0 saturated heterocycles. The zero-order valence-corrected chi connectivity index (χ0v) is 19.0. The van der Waals surface area contributed by atoms with Crippen molar-refractivity contribution in [2.45, 2.75) is 45.6 Å². The molecule has 1 atom stereocenters. The van der Waals surface area contributed by atoms with Crippen LogP contribution in [-0.2, 0) is 26.2 Å². The van der Waals surface area contributed by atoms with E-state index in [4.69, 9.17) is 17.3 Å². The van der Waals surface area contributed by atoms with E-state index in [1.54, 1.807) is 0 Å². The second-order valence-corrected chi connectivity index (χ2v) is 8.68. The fourth-order valence-corrected chi connectivity index (χ4v) is 4.61. The fourth-order valence-electron chi connectivity index (χ4n) is 4.35. The summed E-state index contributed by atoms with van der Waals surface area (Å²) in [6.07, 6.45) is 2.07. The van der Waals surface area contributed by atoms with Crippen molar-refractivity contribution in [3.8, 4) is 0 Å². The molecule has 3 aromatic rings. The molecule has 2 aromatic carbocycles. The van der Waals surface area contributed by atoms with Crippen LogP contribution in [0.25, 0.3) is 0 Å². The minimum atomic E-state index is 0.235. The highest BCUT2D eigenvalue weighted by Gasteiger charge is 2.23. The van der Waals surface area contributed by atoms with Gasteiger partial charge in [0.15, 0.2) is 4.77 Å². The van der Waals surface area contributed by atoms with Crippen LogP contribution in [0.3, 0.4) is 0 Å². The van der Waals surface area contributed by atoms with Crippen LogP contribution >= 0.6 is 12.2 Å². The van der Waals surface area contributed by atoms with Crippen molar-refractivity contribution in [2.24, 2.45) is 0 Å². The molecule has 1 aliphatic heterocycles. The molecule has 1 unspecified atom stereocenters. The number of aromatic nitrogens is 3. The van der Waals surface area contributed by atoms with Gasteiger partial charge in [-0.05, 0) is 55.8 Å². The average molecular weight is 422 g/mol. The maximum Gasteiger partial charge on any atom is 0.199 e. The van der Waals surface area contributed by atoms with Crippen LogP contribution in [-0.4, -0.2) is 44.8 Å². The third-order valence-corrected chi connectivity index (χ3v) is 6.42. The molecule has 0 aliphatic carbocycles. The molecule has 4 rings (SSSR count). The molecule has 0 fully saturated rings. The van der Waals surface area contributed by atoms with Gasteiger partial charge in [0, 0.05) is 13.1 Å². The van der Waals surface area contributed by atoms with Gasteiger partial charge in [-0.3, -0.25) is 14.4 Å². The second-order valence-electron chi connectivity index (χ2n) is 8.31. The van der Waals surface area contributed by atoms with Gasteiger partial charge in [0.2, 0.25) is 0 Å². The van der Waals surface area contributed by atoms with Crippen LogP contribution < -0.4 is 0 Å². The van der Waals surface area contributed by atoms with Gasteiger partial charge in [0.1, 0.15) is 5.82 Å². The molecule has 5 nitrogen and oxygen atoms in total. The summed E-state index contributed by atoms with van der Waals surface area (Å²) in [6.45, 7) is 5.67. The Hall–Kier alpha value is -2.28. The first-order valence-corrected chi connectivity index (χ1v) is 11.1. The third kappa shape index (κ3) is 4.41. The lowest BCUT2D eigenvalue weighted by molar-refractivity contribution is 0.186. The standard InChI is InChI=1S/C24H31N5S/c1-4-22(26(2)3)23-25-29(24(30)28(23)16-19-10-6-5-7-11-19)18-27-15-14-20-12-8-9-13-21(20)17-27/h5-13,22H,4,14-18H2,1-3H3. The van der Waals surface area contributed by atoms with E-state index < -0.39 is 0 Å². The Morgan fingerprint density at radius 3 is 2.43 bits per heavy atom. The van der Waals surface area contributed by atoms with Gasteiger partial charge in [-0.1, -0.05) is 61.5 Å². The molecule has 1 aliphatic rings. The summed E-state index contributed by atoms with van der Waals surface area (Å²) in [4.78, 5) is 4.68. The lowest BCUT2D eigenvalue weighted by Crippen LogP contribution is -2.32. The van der Waals surface area contributed by atoms with E-state index in [2.05, 4.69) is 90.0 Å². The molecule has 6 heteroatoms. The summed E-state index contributed by atoms with van der Waals surface area (Å²) in [5, 5.41) is 5.04. The first-order valence-electron chi connectivity index (χ1n) is 10.7. The van der Waals surface area contributed by atoms with Gasteiger partial charge in [-0.15, -0.1) is 0 Å². The maximum atomic E-state index is 5.93. The summed E-state index contributed by atoms with van der Waals surface area (Å²) in [6, 6.07) is 19.5. The van der Waals surface area contributed by atoms with Gasteiger partial charge < -0.3 is 0 Å². The van der Waals surface area contributed by atoms with Gasteiger partial charge in [0.05, 0.1) is 19.3 Å². The Morgan fingerprint density at radius 2 is 1.73 bits per heavy atom. The third-order valence-electron chi connectivity index (χ3n) is 5.99. The lowest BCUT2D eigenvalue weighted by Gasteiger charge is -2.28. The molecule has 0 amide bonds. The summed E-state index contributed by atoms with van der Waals surface area (Å²) in [7, 11) is 4.23. The Morgan fingerprint density at radius 1 is 1.03 bits per heavy atom. The average Bonchev–Trinajstić information content (AvgIpc) is 3.04. The van der Waals surface area contributed by atoms with Crippen LogP contribution in [0, 0.1) is 4.77 Å². The normalized spacial score (nSPS) is 15.3. The highest BCUT2D eigenvalue weighted by atomic mass is 32.1. The molecule has 0 saturated carbocycles. The monoisotopic (exact) mass is 421 g/mol. The maximum absolute atomic E-state index is 5.93. The van der Waals surface area contributed by atoms with Crippen LogP contribution in [0.4, 0.5) is 0 Å². The van der Waals surface area contributed by atoms with E-state index in [9.17, 15) is 0 Å². The SMILES string of the molecule is CCC(c1nn(CN2CCc3ccccc3C2)c(=S)n1Cc1ccccc1)N(C)C. The summed E-state index contributed by atoms with van der Waals surface area (Å²) in [5.41, 5.74) is 4.13. The molecule has 0 spiro atoms. The molecule has 1 aromatic heterocycles. The summed E-state index contributed by atoms with van der Waals surface area (Å²) in [5.74, 6) is 1.05. The molecule has 30 heavy (non-hydrogen) atoms. The molecule has 0 radical (unpaired) electrons. The van der Waals surface area contributed by atoms with Crippen molar-refractivity contribution in [3.05, 3.63) is 81.9 Å². The van der Waals surface area contributed by atoms with Crippen molar-refractivity contribution < 1.29 is 0 Å². The minimum Gasteiger partial charge on any atom is -0.300 e. The zero-order valence-electron chi connectivity index (χ0n) is 18.2. The molecule has 158 valence electrons. The van der Waals surface area contributed by atoms with Crippen molar-refractivity contribution in [1.29, 1.82) is 0 Å². The van der Waals surface area contributed by atoms with Crippen LogP contribution in [0.1, 0.15) is 41.9 Å². The van der Waals surface area contributed by atoms with Gasteiger partial charge in [-0.25, -0.2) is 4.68 Å². The largest absolute Gasteiger partial charge is 0.300 e. The summed E-state index contributed by atoms with van der Waals surface area (Å²) < 4.78 is 5.04. The number of nitrogens with zero attached hydrogens (tertiary/aromatic N) is 5. The molecular formula is C24H31N5S. The number of hydrogen-bond acceptors (Lipinski definition) is 4. The Kier molecular flexibility index (Phi) is 6.46. The predicted octanol–water partition coefficient (Wildman–Crippen LogP) is 4.49. The highest BCUT2D eigenvalue weighted by Crippen LogP contribution is 2.23. The quantitative estimate of drug-likeness (QED) is 0.526. The van der Waals surface area contributed by atoms with E-state index in [0.717, 1.165) is 49.7 Å². The first kappa shape index (κ1) is 21.0. The Bertz CT molecular complexity index is 1040. The fraction of sp³-hybridized carbons (Fsp3) is 0.417. The van der Waals surface area contributed by atoms with Crippen molar-refractivity contribution in [1.82, 2.24) is 24.1 Å². The van der Waals surface area contributed by atoms with E-state index in [0.29, 0.717) is 0 Å². The molecule has 0 bridgehead atoms. The first-order chi connectivity index (χ1) is 14.6.